The van der Waals surface area contributed by atoms with E-state index in [9.17, 15) is 0 Å². The molecule has 3 aromatic rings. The molecule has 0 saturated heterocycles. The largest absolute Gasteiger partial charge is 0.383 e. The van der Waals surface area contributed by atoms with Gasteiger partial charge in [0, 0.05) is 18.0 Å². The number of rotatable bonds is 3. The Morgan fingerprint density at radius 2 is 1.78 bits per heavy atom. The Labute approximate surface area is 133 Å². The summed E-state index contributed by atoms with van der Waals surface area (Å²) >= 11 is 0. The van der Waals surface area contributed by atoms with E-state index in [0.717, 1.165) is 11.1 Å². The molecule has 0 aliphatic carbocycles. The van der Waals surface area contributed by atoms with Crippen LogP contribution >= 0.6 is 0 Å². The van der Waals surface area contributed by atoms with E-state index in [2.05, 4.69) is 15.0 Å². The first-order valence-electron chi connectivity index (χ1n) is 7.05. The van der Waals surface area contributed by atoms with Crippen LogP contribution in [0.3, 0.4) is 0 Å². The minimum Gasteiger partial charge on any atom is -0.383 e. The highest BCUT2D eigenvalue weighted by molar-refractivity contribution is 5.93. The van der Waals surface area contributed by atoms with Crippen LogP contribution < -0.4 is 11.5 Å². The van der Waals surface area contributed by atoms with Crippen LogP contribution in [0.25, 0.3) is 22.5 Å². The van der Waals surface area contributed by atoms with E-state index < -0.39 is 0 Å². The van der Waals surface area contributed by atoms with Crippen molar-refractivity contribution in [1.29, 1.82) is 5.41 Å². The molecule has 0 fully saturated rings. The number of aryl methyl sites for hydroxylation is 1. The molecule has 2 aromatic heterocycles. The van der Waals surface area contributed by atoms with Crippen molar-refractivity contribution in [2.24, 2.45) is 5.73 Å². The molecule has 0 amide bonds. The minimum atomic E-state index is -0.116. The number of nitrogen functional groups attached to an aromatic ring is 2. The van der Waals surface area contributed by atoms with E-state index in [-0.39, 0.29) is 5.84 Å². The number of pyridine rings is 1. The zero-order valence-corrected chi connectivity index (χ0v) is 12.6. The quantitative estimate of drug-likeness (QED) is 0.507. The van der Waals surface area contributed by atoms with E-state index in [0.29, 0.717) is 22.9 Å². The summed E-state index contributed by atoms with van der Waals surface area (Å²) in [5.41, 5.74) is 15.6. The van der Waals surface area contributed by atoms with E-state index in [1.165, 1.54) is 5.56 Å². The fourth-order valence-corrected chi connectivity index (χ4v) is 2.20. The SMILES string of the molecule is Cc1ccc(-c2cnc(N)c(-c3nccc(C(=N)N)n3)c2)cc1. The van der Waals surface area contributed by atoms with Gasteiger partial charge in [-0.15, -0.1) is 0 Å². The molecule has 3 rings (SSSR count). The lowest BCUT2D eigenvalue weighted by Crippen LogP contribution is -2.14. The fraction of sp³-hybridized carbons (Fsp3) is 0.0588. The molecule has 5 N–H and O–H groups in total. The zero-order valence-electron chi connectivity index (χ0n) is 12.6. The number of nitrogens with two attached hydrogens (primary N) is 2. The lowest BCUT2D eigenvalue weighted by Gasteiger charge is -2.08. The predicted octanol–water partition coefficient (Wildman–Crippen LogP) is 2.38. The summed E-state index contributed by atoms with van der Waals surface area (Å²) in [6.45, 7) is 2.04. The van der Waals surface area contributed by atoms with Crippen LogP contribution in [0.2, 0.25) is 0 Å². The number of benzene rings is 1. The van der Waals surface area contributed by atoms with Crippen LogP contribution in [0.5, 0.6) is 0 Å². The van der Waals surface area contributed by atoms with Crippen LogP contribution in [0.15, 0.2) is 48.8 Å². The molecule has 114 valence electrons. The molecule has 1 aromatic carbocycles. The maximum absolute atomic E-state index is 7.49. The van der Waals surface area contributed by atoms with Gasteiger partial charge < -0.3 is 11.5 Å². The van der Waals surface area contributed by atoms with Gasteiger partial charge in [-0.25, -0.2) is 15.0 Å². The second kappa shape index (κ2) is 5.84. The van der Waals surface area contributed by atoms with Crippen LogP contribution in [0, 0.1) is 12.3 Å². The van der Waals surface area contributed by atoms with Gasteiger partial charge in [-0.1, -0.05) is 29.8 Å². The van der Waals surface area contributed by atoms with Gasteiger partial charge in [0.1, 0.15) is 17.3 Å². The molecule has 0 aliphatic heterocycles. The Kier molecular flexibility index (Phi) is 3.72. The van der Waals surface area contributed by atoms with Gasteiger partial charge in [-0.2, -0.15) is 0 Å². The van der Waals surface area contributed by atoms with Gasteiger partial charge in [-0.05, 0) is 24.6 Å². The van der Waals surface area contributed by atoms with Crippen molar-refractivity contribution in [3.8, 4) is 22.5 Å². The molecule has 0 bridgehead atoms. The summed E-state index contributed by atoms with van der Waals surface area (Å²) in [5.74, 6) is 0.619. The van der Waals surface area contributed by atoms with Crippen molar-refractivity contribution >= 4 is 11.7 Å². The number of nitrogens with zero attached hydrogens (tertiary/aromatic N) is 3. The zero-order chi connectivity index (χ0) is 16.4. The molecule has 0 aliphatic rings. The Morgan fingerprint density at radius 1 is 1.04 bits per heavy atom. The fourth-order valence-electron chi connectivity index (χ4n) is 2.20. The Bertz CT molecular complexity index is 871. The van der Waals surface area contributed by atoms with Crippen molar-refractivity contribution in [3.05, 3.63) is 60.0 Å². The minimum absolute atomic E-state index is 0.116. The molecular formula is C17H16N6. The van der Waals surface area contributed by atoms with Crippen molar-refractivity contribution in [1.82, 2.24) is 15.0 Å². The molecule has 0 saturated carbocycles. The van der Waals surface area contributed by atoms with Crippen LogP contribution in [-0.4, -0.2) is 20.8 Å². The molecular weight excluding hydrogens is 288 g/mol. The predicted molar refractivity (Wildman–Crippen MR) is 90.9 cm³/mol. The molecule has 0 atom stereocenters. The number of hydrogen-bond donors (Lipinski definition) is 3. The third-order valence-electron chi connectivity index (χ3n) is 3.48. The number of amidine groups is 1. The van der Waals surface area contributed by atoms with E-state index in [4.69, 9.17) is 16.9 Å². The number of hydrogen-bond acceptors (Lipinski definition) is 5. The van der Waals surface area contributed by atoms with E-state index in [1.54, 1.807) is 18.5 Å². The van der Waals surface area contributed by atoms with Crippen molar-refractivity contribution in [2.75, 3.05) is 5.73 Å². The number of aromatic nitrogens is 3. The first kappa shape index (κ1) is 14.6. The van der Waals surface area contributed by atoms with Gasteiger partial charge in [-0.3, -0.25) is 5.41 Å². The Hall–Kier alpha value is -3.28. The van der Waals surface area contributed by atoms with Crippen LogP contribution in [0.1, 0.15) is 11.3 Å². The van der Waals surface area contributed by atoms with Gasteiger partial charge in [0.05, 0.1) is 5.56 Å². The summed E-state index contributed by atoms with van der Waals surface area (Å²) in [5, 5.41) is 7.49. The van der Waals surface area contributed by atoms with E-state index in [1.807, 2.05) is 37.3 Å². The molecule has 0 spiro atoms. The molecule has 0 unspecified atom stereocenters. The number of anilines is 1. The second-order valence-corrected chi connectivity index (χ2v) is 5.20. The lowest BCUT2D eigenvalue weighted by molar-refractivity contribution is 1.14. The topological polar surface area (TPSA) is 115 Å². The molecule has 2 heterocycles. The highest BCUT2D eigenvalue weighted by Crippen LogP contribution is 2.27. The second-order valence-electron chi connectivity index (χ2n) is 5.20. The van der Waals surface area contributed by atoms with E-state index >= 15 is 0 Å². The maximum Gasteiger partial charge on any atom is 0.163 e. The summed E-state index contributed by atoms with van der Waals surface area (Å²) in [4.78, 5) is 12.7. The highest BCUT2D eigenvalue weighted by Gasteiger charge is 2.11. The van der Waals surface area contributed by atoms with Gasteiger partial charge in [0.25, 0.3) is 0 Å². The molecule has 6 heteroatoms. The third kappa shape index (κ3) is 3.01. The molecule has 6 nitrogen and oxygen atoms in total. The summed E-state index contributed by atoms with van der Waals surface area (Å²) in [6.07, 6.45) is 3.27. The Morgan fingerprint density at radius 3 is 2.48 bits per heavy atom. The summed E-state index contributed by atoms with van der Waals surface area (Å²) in [6, 6.07) is 11.6. The standard InChI is InChI=1S/C17H16N6/c1-10-2-4-11(5-3-10)12-8-13(16(20)22-9-12)17-21-7-6-14(23-17)15(18)19/h2-9H,1H3,(H3,18,19)(H2,20,22). The maximum atomic E-state index is 7.49. The van der Waals surface area contributed by atoms with Gasteiger partial charge >= 0.3 is 0 Å². The summed E-state index contributed by atoms with van der Waals surface area (Å²) < 4.78 is 0. The molecule has 0 radical (unpaired) electrons. The van der Waals surface area contributed by atoms with Crippen molar-refractivity contribution in [3.63, 3.8) is 0 Å². The smallest absolute Gasteiger partial charge is 0.163 e. The van der Waals surface area contributed by atoms with Crippen molar-refractivity contribution < 1.29 is 0 Å². The van der Waals surface area contributed by atoms with Crippen LogP contribution in [0.4, 0.5) is 5.82 Å². The monoisotopic (exact) mass is 304 g/mol. The average Bonchev–Trinajstić information content (AvgIpc) is 2.56. The summed E-state index contributed by atoms with van der Waals surface area (Å²) in [7, 11) is 0. The van der Waals surface area contributed by atoms with Crippen LogP contribution in [-0.2, 0) is 0 Å². The average molecular weight is 304 g/mol. The third-order valence-corrected chi connectivity index (χ3v) is 3.48. The first-order valence-corrected chi connectivity index (χ1v) is 7.05. The normalized spacial score (nSPS) is 10.5. The first-order chi connectivity index (χ1) is 11.0. The molecule has 23 heavy (non-hydrogen) atoms. The van der Waals surface area contributed by atoms with Crippen molar-refractivity contribution in [2.45, 2.75) is 6.92 Å². The Balaban J connectivity index is 2.09. The van der Waals surface area contributed by atoms with Gasteiger partial charge in [0.2, 0.25) is 0 Å². The number of nitrogens with one attached hydrogen (secondary N) is 1. The lowest BCUT2D eigenvalue weighted by atomic mass is 10.0. The van der Waals surface area contributed by atoms with Gasteiger partial charge in [0.15, 0.2) is 5.82 Å². The highest BCUT2D eigenvalue weighted by atomic mass is 14.9.